The van der Waals surface area contributed by atoms with Crippen molar-refractivity contribution in [2.45, 2.75) is 57.7 Å². The van der Waals surface area contributed by atoms with Crippen LogP contribution in [0.2, 0.25) is 0 Å². The second-order valence-electron chi connectivity index (χ2n) is 6.33. The molecular weight excluding hydrogens is 172 g/mol. The van der Waals surface area contributed by atoms with Crippen LogP contribution in [0.15, 0.2) is 0 Å². The maximum absolute atomic E-state index is 3.72. The van der Waals surface area contributed by atoms with Crippen LogP contribution in [0.4, 0.5) is 0 Å². The van der Waals surface area contributed by atoms with Crippen molar-refractivity contribution < 1.29 is 0 Å². The SMILES string of the molecule is CC1(C)CN(C2CC3CCC(C2)N3)C1. The topological polar surface area (TPSA) is 15.3 Å². The van der Waals surface area contributed by atoms with Gasteiger partial charge in [0.2, 0.25) is 0 Å². The molecule has 3 heterocycles. The smallest absolute Gasteiger partial charge is 0.0125 e. The number of likely N-dealkylation sites (tertiary alicyclic amines) is 1. The van der Waals surface area contributed by atoms with Gasteiger partial charge in [-0.3, -0.25) is 4.90 Å². The Bertz CT molecular complexity index is 216. The van der Waals surface area contributed by atoms with Crippen LogP contribution in [0.1, 0.15) is 39.5 Å². The van der Waals surface area contributed by atoms with Gasteiger partial charge in [-0.2, -0.15) is 0 Å². The second-order valence-corrected chi connectivity index (χ2v) is 6.33. The van der Waals surface area contributed by atoms with Crippen molar-refractivity contribution in [1.82, 2.24) is 10.2 Å². The first kappa shape index (κ1) is 9.17. The van der Waals surface area contributed by atoms with E-state index < -0.39 is 0 Å². The predicted octanol–water partition coefficient (Wildman–Crippen LogP) is 1.61. The minimum Gasteiger partial charge on any atom is -0.311 e. The lowest BCUT2D eigenvalue weighted by atomic mass is 9.81. The van der Waals surface area contributed by atoms with Crippen molar-refractivity contribution in [3.05, 3.63) is 0 Å². The van der Waals surface area contributed by atoms with Crippen LogP contribution in [0.25, 0.3) is 0 Å². The molecule has 2 unspecified atom stereocenters. The number of fused-ring (bicyclic) bond motifs is 2. The zero-order valence-electron chi connectivity index (χ0n) is 9.42. The molecule has 3 aliphatic heterocycles. The van der Waals surface area contributed by atoms with Gasteiger partial charge in [0.05, 0.1) is 0 Å². The lowest BCUT2D eigenvalue weighted by molar-refractivity contribution is -0.0213. The summed E-state index contributed by atoms with van der Waals surface area (Å²) in [7, 11) is 0. The molecule has 1 N–H and O–H groups in total. The third kappa shape index (κ3) is 1.49. The highest BCUT2D eigenvalue weighted by Crippen LogP contribution is 2.37. The number of piperidine rings is 1. The molecule has 3 saturated heterocycles. The first-order valence-electron chi connectivity index (χ1n) is 6.12. The van der Waals surface area contributed by atoms with E-state index in [1.54, 1.807) is 0 Å². The Labute approximate surface area is 87.0 Å². The molecule has 2 bridgehead atoms. The van der Waals surface area contributed by atoms with E-state index in [1.807, 2.05) is 0 Å². The predicted molar refractivity (Wildman–Crippen MR) is 58.3 cm³/mol. The van der Waals surface area contributed by atoms with E-state index in [2.05, 4.69) is 24.1 Å². The van der Waals surface area contributed by atoms with E-state index >= 15 is 0 Å². The highest BCUT2D eigenvalue weighted by molar-refractivity contribution is 5.00. The van der Waals surface area contributed by atoms with Crippen molar-refractivity contribution in [2.24, 2.45) is 5.41 Å². The summed E-state index contributed by atoms with van der Waals surface area (Å²) in [5.74, 6) is 0. The average Bonchev–Trinajstić information content (AvgIpc) is 2.41. The molecule has 3 rings (SSSR count). The van der Waals surface area contributed by atoms with Gasteiger partial charge in [0.25, 0.3) is 0 Å². The maximum atomic E-state index is 3.72. The molecule has 80 valence electrons. The Kier molecular flexibility index (Phi) is 1.94. The fourth-order valence-corrected chi connectivity index (χ4v) is 3.64. The lowest BCUT2D eigenvalue weighted by Gasteiger charge is -2.51. The van der Waals surface area contributed by atoms with Crippen LogP contribution in [0.5, 0.6) is 0 Å². The van der Waals surface area contributed by atoms with Crippen molar-refractivity contribution in [3.8, 4) is 0 Å². The van der Waals surface area contributed by atoms with Gasteiger partial charge in [0.1, 0.15) is 0 Å². The van der Waals surface area contributed by atoms with Crippen LogP contribution in [0, 0.1) is 5.41 Å². The fourth-order valence-electron chi connectivity index (χ4n) is 3.64. The summed E-state index contributed by atoms with van der Waals surface area (Å²) in [6, 6.07) is 2.60. The monoisotopic (exact) mass is 194 g/mol. The third-order valence-corrected chi connectivity index (χ3v) is 4.23. The van der Waals surface area contributed by atoms with Gasteiger partial charge in [-0.25, -0.2) is 0 Å². The maximum Gasteiger partial charge on any atom is 0.0125 e. The number of rotatable bonds is 1. The Morgan fingerprint density at radius 1 is 1.07 bits per heavy atom. The summed E-state index contributed by atoms with van der Waals surface area (Å²) in [4.78, 5) is 2.71. The Morgan fingerprint density at radius 2 is 1.64 bits per heavy atom. The van der Waals surface area contributed by atoms with Crippen molar-refractivity contribution in [3.63, 3.8) is 0 Å². The summed E-state index contributed by atoms with van der Waals surface area (Å²) in [5, 5.41) is 3.72. The van der Waals surface area contributed by atoms with E-state index in [4.69, 9.17) is 0 Å². The van der Waals surface area contributed by atoms with Crippen LogP contribution in [0.3, 0.4) is 0 Å². The van der Waals surface area contributed by atoms with Gasteiger partial charge < -0.3 is 5.32 Å². The van der Waals surface area contributed by atoms with Gasteiger partial charge >= 0.3 is 0 Å². The largest absolute Gasteiger partial charge is 0.311 e. The molecule has 0 aliphatic carbocycles. The molecule has 3 fully saturated rings. The Morgan fingerprint density at radius 3 is 2.14 bits per heavy atom. The zero-order valence-corrected chi connectivity index (χ0v) is 9.42. The summed E-state index contributed by atoms with van der Waals surface area (Å²) in [6.07, 6.45) is 5.68. The number of hydrogen-bond donors (Lipinski definition) is 1. The minimum absolute atomic E-state index is 0.601. The van der Waals surface area contributed by atoms with E-state index in [0.29, 0.717) is 5.41 Å². The molecule has 0 aromatic heterocycles. The molecule has 3 aliphatic rings. The molecule has 14 heavy (non-hydrogen) atoms. The van der Waals surface area contributed by atoms with Gasteiger partial charge in [0.15, 0.2) is 0 Å². The number of nitrogens with zero attached hydrogens (tertiary/aromatic N) is 1. The molecule has 2 heteroatoms. The van der Waals surface area contributed by atoms with Crippen molar-refractivity contribution in [1.29, 1.82) is 0 Å². The standard InChI is InChI=1S/C12H22N2/c1-12(2)7-14(8-12)11-5-9-3-4-10(6-11)13-9/h9-11,13H,3-8H2,1-2H3. The van der Waals surface area contributed by atoms with E-state index in [9.17, 15) is 0 Å². The van der Waals surface area contributed by atoms with E-state index in [1.165, 1.54) is 38.8 Å². The molecule has 0 aromatic carbocycles. The first-order valence-corrected chi connectivity index (χ1v) is 6.12. The third-order valence-electron chi connectivity index (χ3n) is 4.23. The second kappa shape index (κ2) is 2.96. The minimum atomic E-state index is 0.601. The van der Waals surface area contributed by atoms with E-state index in [-0.39, 0.29) is 0 Å². The summed E-state index contributed by atoms with van der Waals surface area (Å²) < 4.78 is 0. The summed E-state index contributed by atoms with van der Waals surface area (Å²) in [5.41, 5.74) is 0.601. The molecule has 2 nitrogen and oxygen atoms in total. The van der Waals surface area contributed by atoms with E-state index in [0.717, 1.165) is 18.1 Å². The van der Waals surface area contributed by atoms with Crippen molar-refractivity contribution >= 4 is 0 Å². The molecular formula is C12H22N2. The average molecular weight is 194 g/mol. The van der Waals surface area contributed by atoms with Crippen LogP contribution < -0.4 is 5.32 Å². The fraction of sp³-hybridized carbons (Fsp3) is 1.00. The molecule has 0 saturated carbocycles. The van der Waals surface area contributed by atoms with Crippen molar-refractivity contribution in [2.75, 3.05) is 13.1 Å². The van der Waals surface area contributed by atoms with Crippen LogP contribution >= 0.6 is 0 Å². The van der Waals surface area contributed by atoms with Gasteiger partial charge in [-0.05, 0) is 31.1 Å². The molecule has 0 spiro atoms. The normalized spacial score (nSPS) is 46.3. The zero-order chi connectivity index (χ0) is 9.76. The van der Waals surface area contributed by atoms with Gasteiger partial charge in [-0.1, -0.05) is 13.8 Å². The van der Waals surface area contributed by atoms with Crippen LogP contribution in [-0.2, 0) is 0 Å². The molecule has 2 atom stereocenters. The summed E-state index contributed by atoms with van der Waals surface area (Å²) >= 11 is 0. The number of nitrogens with one attached hydrogen (secondary N) is 1. The highest BCUT2D eigenvalue weighted by atomic mass is 15.2. The molecule has 0 aromatic rings. The molecule has 0 radical (unpaired) electrons. The highest BCUT2D eigenvalue weighted by Gasteiger charge is 2.42. The van der Waals surface area contributed by atoms with Gasteiger partial charge in [0, 0.05) is 31.2 Å². The quantitative estimate of drug-likeness (QED) is 0.682. The Hall–Kier alpha value is -0.0800. The number of hydrogen-bond acceptors (Lipinski definition) is 2. The Balaban J connectivity index is 1.60. The molecule has 0 amide bonds. The first-order chi connectivity index (χ1) is 6.62. The van der Waals surface area contributed by atoms with Crippen LogP contribution in [-0.4, -0.2) is 36.1 Å². The lowest BCUT2D eigenvalue weighted by Crippen LogP contribution is -2.60. The van der Waals surface area contributed by atoms with Gasteiger partial charge in [-0.15, -0.1) is 0 Å². The summed E-state index contributed by atoms with van der Waals surface area (Å²) in [6.45, 7) is 7.44.